The number of amidine groups is 1. The zero-order chi connectivity index (χ0) is 35.3. The average molecular weight is 679 g/mol. The van der Waals surface area contributed by atoms with Gasteiger partial charge in [0.1, 0.15) is 11.2 Å². The van der Waals surface area contributed by atoms with Crippen molar-refractivity contribution in [3.63, 3.8) is 0 Å². The van der Waals surface area contributed by atoms with Gasteiger partial charge in [-0.3, -0.25) is 4.99 Å². The van der Waals surface area contributed by atoms with Crippen molar-refractivity contribution in [1.29, 1.82) is 0 Å². The van der Waals surface area contributed by atoms with E-state index in [0.29, 0.717) is 12.3 Å². The van der Waals surface area contributed by atoms with Gasteiger partial charge in [0, 0.05) is 28.3 Å². The van der Waals surface area contributed by atoms with Gasteiger partial charge in [0.15, 0.2) is 5.84 Å². The standard InChI is InChI=1S/C50H34N2O/c1-32-29-45(51-50(52-49(32)37-14-6-3-7-15-37)40-26-27-42-39(30-40)24-23-36-13-8-9-16-41(36)42)43-17-10-18-46-48(43)44-28-25-38(31-47(44)53-46)35-21-19-34(20-22-35)33-11-4-2-5-12-33/h2-28,30-31,49H,1,29H2. The minimum atomic E-state index is -0.226. The van der Waals surface area contributed by atoms with Crippen LogP contribution in [0.15, 0.2) is 202 Å². The molecule has 0 N–H and O–H groups in total. The third-order valence-corrected chi connectivity index (χ3v) is 10.5. The Bertz CT molecular complexity index is 2920. The first kappa shape index (κ1) is 30.9. The average Bonchev–Trinajstić information content (AvgIpc) is 3.51. The molecule has 2 heterocycles. The van der Waals surface area contributed by atoms with Crippen LogP contribution in [0.3, 0.4) is 0 Å². The fraction of sp³-hybridized carbons (Fsp3) is 0.0400. The Hall–Kier alpha value is -6.84. The Morgan fingerprint density at radius 1 is 0.491 bits per heavy atom. The Morgan fingerprint density at radius 3 is 1.96 bits per heavy atom. The topological polar surface area (TPSA) is 37.9 Å². The fourth-order valence-corrected chi connectivity index (χ4v) is 7.85. The maximum absolute atomic E-state index is 6.57. The van der Waals surface area contributed by atoms with Gasteiger partial charge in [-0.1, -0.05) is 158 Å². The summed E-state index contributed by atoms with van der Waals surface area (Å²) < 4.78 is 6.57. The molecule has 1 aromatic heterocycles. The van der Waals surface area contributed by atoms with E-state index >= 15 is 0 Å². The third kappa shape index (κ3) is 5.55. The summed E-state index contributed by atoms with van der Waals surface area (Å²) >= 11 is 0. The van der Waals surface area contributed by atoms with Crippen molar-refractivity contribution < 1.29 is 4.42 Å². The molecular formula is C50H34N2O. The Morgan fingerprint density at radius 2 is 1.13 bits per heavy atom. The van der Waals surface area contributed by atoms with E-state index in [1.54, 1.807) is 0 Å². The van der Waals surface area contributed by atoms with Gasteiger partial charge in [0.2, 0.25) is 0 Å². The highest BCUT2D eigenvalue weighted by Gasteiger charge is 2.25. The highest BCUT2D eigenvalue weighted by Crippen LogP contribution is 2.38. The Balaban J connectivity index is 1.08. The van der Waals surface area contributed by atoms with Crippen LogP contribution in [0.1, 0.15) is 29.2 Å². The van der Waals surface area contributed by atoms with E-state index < -0.39 is 0 Å². The summed E-state index contributed by atoms with van der Waals surface area (Å²) in [6, 6.07) is 61.7. The molecule has 9 aromatic rings. The molecule has 8 aromatic carbocycles. The number of hydrogen-bond donors (Lipinski definition) is 0. The molecule has 0 radical (unpaired) electrons. The van der Waals surface area contributed by atoms with Crippen LogP contribution in [-0.2, 0) is 0 Å². The van der Waals surface area contributed by atoms with Crippen molar-refractivity contribution in [3.05, 3.63) is 205 Å². The molecule has 1 atom stereocenters. The SMILES string of the molecule is C=C1CC(c2cccc3oc4cc(-c5ccc(-c6ccccc6)cc5)ccc4c23)=NC(c2ccc3c(ccc4ccccc43)c2)=NC1c1ccccc1. The second kappa shape index (κ2) is 12.7. The highest BCUT2D eigenvalue weighted by molar-refractivity contribution is 6.23. The molecule has 0 fully saturated rings. The number of fused-ring (bicyclic) bond motifs is 6. The largest absolute Gasteiger partial charge is 0.456 e. The van der Waals surface area contributed by atoms with E-state index in [2.05, 4.69) is 170 Å². The summed E-state index contributed by atoms with van der Waals surface area (Å²) in [6.07, 6.45) is 0.586. The molecule has 3 nitrogen and oxygen atoms in total. The highest BCUT2D eigenvalue weighted by atomic mass is 16.3. The van der Waals surface area contributed by atoms with Gasteiger partial charge >= 0.3 is 0 Å². The molecule has 0 aliphatic carbocycles. The van der Waals surface area contributed by atoms with Crippen LogP contribution >= 0.6 is 0 Å². The molecule has 10 rings (SSSR count). The lowest BCUT2D eigenvalue weighted by Crippen LogP contribution is -2.06. The zero-order valence-corrected chi connectivity index (χ0v) is 29.0. The summed E-state index contributed by atoms with van der Waals surface area (Å²) in [5.41, 5.74) is 11.4. The second-order valence-electron chi connectivity index (χ2n) is 13.8. The molecule has 0 saturated carbocycles. The third-order valence-electron chi connectivity index (χ3n) is 10.5. The summed E-state index contributed by atoms with van der Waals surface area (Å²) in [5, 5.41) is 6.97. The molecule has 3 heteroatoms. The van der Waals surface area contributed by atoms with Gasteiger partial charge in [0.05, 0.1) is 11.8 Å². The normalized spacial score (nSPS) is 14.8. The molecule has 1 aliphatic rings. The molecule has 0 saturated heterocycles. The van der Waals surface area contributed by atoms with E-state index in [1.807, 2.05) is 12.1 Å². The fourth-order valence-electron chi connectivity index (χ4n) is 7.85. The van der Waals surface area contributed by atoms with Crippen LogP contribution in [0.25, 0.3) is 65.7 Å². The van der Waals surface area contributed by atoms with E-state index in [9.17, 15) is 0 Å². The first-order chi connectivity index (χ1) is 26.2. The minimum Gasteiger partial charge on any atom is -0.456 e. The smallest absolute Gasteiger partial charge is 0.155 e. The summed E-state index contributed by atoms with van der Waals surface area (Å²) in [5.74, 6) is 0.702. The molecule has 53 heavy (non-hydrogen) atoms. The molecule has 0 amide bonds. The summed E-state index contributed by atoms with van der Waals surface area (Å²) in [7, 11) is 0. The predicted molar refractivity (Wildman–Crippen MR) is 222 cm³/mol. The van der Waals surface area contributed by atoms with Crippen molar-refractivity contribution in [3.8, 4) is 22.3 Å². The van der Waals surface area contributed by atoms with Gasteiger partial charge in [-0.05, 0) is 79.2 Å². The summed E-state index contributed by atoms with van der Waals surface area (Å²) in [4.78, 5) is 10.8. The molecule has 1 unspecified atom stereocenters. The molecular weight excluding hydrogens is 645 g/mol. The van der Waals surface area contributed by atoms with Crippen molar-refractivity contribution in [2.45, 2.75) is 12.5 Å². The lowest BCUT2D eigenvalue weighted by molar-refractivity contribution is 0.669. The molecule has 0 spiro atoms. The number of hydrogen-bond acceptors (Lipinski definition) is 3. The van der Waals surface area contributed by atoms with Crippen LogP contribution in [0.4, 0.5) is 0 Å². The van der Waals surface area contributed by atoms with Crippen LogP contribution in [0.2, 0.25) is 0 Å². The molecule has 1 aliphatic heterocycles. The second-order valence-corrected chi connectivity index (χ2v) is 13.8. The number of nitrogens with zero attached hydrogens (tertiary/aromatic N) is 2. The van der Waals surface area contributed by atoms with E-state index in [0.717, 1.165) is 66.4 Å². The van der Waals surface area contributed by atoms with Crippen molar-refractivity contribution in [2.24, 2.45) is 9.98 Å². The maximum Gasteiger partial charge on any atom is 0.155 e. The van der Waals surface area contributed by atoms with Crippen LogP contribution in [-0.4, -0.2) is 11.5 Å². The lowest BCUT2D eigenvalue weighted by Gasteiger charge is -2.15. The van der Waals surface area contributed by atoms with Crippen molar-refractivity contribution in [1.82, 2.24) is 0 Å². The van der Waals surface area contributed by atoms with Gasteiger partial charge in [-0.15, -0.1) is 0 Å². The predicted octanol–water partition coefficient (Wildman–Crippen LogP) is 13.2. The lowest BCUT2D eigenvalue weighted by atomic mass is 9.92. The number of furan rings is 1. The number of aliphatic imine (C=N–C) groups is 2. The van der Waals surface area contributed by atoms with Crippen molar-refractivity contribution in [2.75, 3.05) is 0 Å². The van der Waals surface area contributed by atoms with Gasteiger partial charge in [-0.2, -0.15) is 0 Å². The van der Waals surface area contributed by atoms with E-state index in [4.69, 9.17) is 14.4 Å². The Kier molecular flexibility index (Phi) is 7.43. The van der Waals surface area contributed by atoms with Gasteiger partial charge < -0.3 is 4.42 Å². The Labute approximate surface area is 307 Å². The first-order valence-corrected chi connectivity index (χ1v) is 18.1. The zero-order valence-electron chi connectivity index (χ0n) is 29.0. The molecule has 250 valence electrons. The summed E-state index contributed by atoms with van der Waals surface area (Å²) in [6.45, 7) is 4.61. The van der Waals surface area contributed by atoms with Gasteiger partial charge in [-0.25, -0.2) is 4.99 Å². The van der Waals surface area contributed by atoms with E-state index in [-0.39, 0.29) is 6.04 Å². The van der Waals surface area contributed by atoms with Crippen molar-refractivity contribution >= 4 is 55.0 Å². The number of rotatable bonds is 5. The van der Waals surface area contributed by atoms with Crippen LogP contribution < -0.4 is 0 Å². The maximum atomic E-state index is 6.57. The van der Waals surface area contributed by atoms with Crippen LogP contribution in [0, 0.1) is 0 Å². The van der Waals surface area contributed by atoms with E-state index in [1.165, 1.54) is 27.3 Å². The first-order valence-electron chi connectivity index (χ1n) is 18.1. The monoisotopic (exact) mass is 678 g/mol. The molecule has 0 bridgehead atoms. The quantitative estimate of drug-likeness (QED) is 0.132. The minimum absolute atomic E-state index is 0.226. The van der Waals surface area contributed by atoms with Crippen LogP contribution in [0.5, 0.6) is 0 Å². The number of benzene rings is 8. The van der Waals surface area contributed by atoms with Gasteiger partial charge in [0.25, 0.3) is 0 Å².